The molecule has 0 aliphatic carbocycles. The number of hydrogen-bond donors (Lipinski definition) is 4. The fourth-order valence-electron chi connectivity index (χ4n) is 4.55. The highest BCUT2D eigenvalue weighted by Crippen LogP contribution is 2.12. The second-order valence-electron chi connectivity index (χ2n) is 11.2. The van der Waals surface area contributed by atoms with Crippen molar-refractivity contribution in [1.82, 2.24) is 30.6 Å². The minimum Gasteiger partial charge on any atom is -0.344 e. The van der Waals surface area contributed by atoms with E-state index in [2.05, 4.69) is 57.1 Å². The van der Waals surface area contributed by atoms with Crippen molar-refractivity contribution in [2.75, 3.05) is 10.6 Å². The number of halogens is 6. The molecular weight excluding hydrogens is 776 g/mol. The van der Waals surface area contributed by atoms with Crippen LogP contribution in [-0.4, -0.2) is 55.6 Å². The first kappa shape index (κ1) is 41.4. The predicted molar refractivity (Wildman–Crippen MR) is 188 cm³/mol. The molecule has 4 N–H and O–H groups in total. The first-order valence-corrected chi connectivity index (χ1v) is 17.0. The van der Waals surface area contributed by atoms with E-state index < -0.39 is 59.0 Å². The molecule has 0 aliphatic rings. The van der Waals surface area contributed by atoms with Crippen LogP contribution in [0.3, 0.4) is 0 Å². The van der Waals surface area contributed by atoms with Gasteiger partial charge in [0.1, 0.15) is 35.4 Å². The van der Waals surface area contributed by atoms with Gasteiger partial charge in [0.2, 0.25) is 35.5 Å². The largest absolute Gasteiger partial charge is 0.344 e. The average molecular weight is 810 g/mol. The molecule has 0 spiro atoms. The Morgan fingerprint density at radius 1 is 0.635 bits per heavy atom. The van der Waals surface area contributed by atoms with Crippen molar-refractivity contribution in [2.24, 2.45) is 0 Å². The number of anilines is 2. The van der Waals surface area contributed by atoms with Gasteiger partial charge in [0.15, 0.2) is 0 Å². The summed E-state index contributed by atoms with van der Waals surface area (Å²) in [5.74, 6) is -4.89. The van der Waals surface area contributed by atoms with E-state index in [1.165, 1.54) is 24.8 Å². The molecule has 0 fully saturated rings. The molecule has 0 bridgehead atoms. The first-order chi connectivity index (χ1) is 24.7. The Bertz CT molecular complexity index is 1670. The van der Waals surface area contributed by atoms with Gasteiger partial charge in [-0.1, -0.05) is 38.3 Å². The van der Waals surface area contributed by atoms with Crippen LogP contribution in [0.15, 0.2) is 65.7 Å². The van der Waals surface area contributed by atoms with Crippen LogP contribution >= 0.6 is 27.5 Å². The molecule has 0 aliphatic heterocycles. The number of carbonyl (C=O) groups is 4. The number of nitrogens with zero attached hydrogens (tertiary/aromatic N) is 4. The van der Waals surface area contributed by atoms with Crippen LogP contribution in [0.4, 0.5) is 29.5 Å². The van der Waals surface area contributed by atoms with Gasteiger partial charge in [-0.05, 0) is 64.2 Å². The molecule has 2 atom stereocenters. The van der Waals surface area contributed by atoms with Gasteiger partial charge in [-0.15, -0.1) is 0 Å². The van der Waals surface area contributed by atoms with Crippen molar-refractivity contribution >= 4 is 63.1 Å². The van der Waals surface area contributed by atoms with Gasteiger partial charge in [-0.3, -0.25) is 29.8 Å². The maximum atomic E-state index is 13.2. The number of carbonyl (C=O) groups excluding carboxylic acids is 4. The highest BCUT2D eigenvalue weighted by molar-refractivity contribution is 9.10. The lowest BCUT2D eigenvalue weighted by atomic mass is 10.1. The van der Waals surface area contributed by atoms with Crippen molar-refractivity contribution < 1.29 is 36.7 Å². The summed E-state index contributed by atoms with van der Waals surface area (Å²) < 4.78 is 53.5. The second kappa shape index (κ2) is 20.7. The van der Waals surface area contributed by atoms with Crippen LogP contribution in [0.5, 0.6) is 0 Å². The maximum absolute atomic E-state index is 13.2. The highest BCUT2D eigenvalue weighted by atomic mass is 79.9. The predicted octanol–water partition coefficient (Wildman–Crippen LogP) is 5.86. The van der Waals surface area contributed by atoms with E-state index >= 15 is 0 Å². The second-order valence-corrected chi connectivity index (χ2v) is 12.5. The molecule has 4 aromatic rings. The normalized spacial score (nSPS) is 11.7. The fraction of sp³-hybridized carbons (Fsp3) is 0.294. The Kier molecular flexibility index (Phi) is 16.5. The van der Waals surface area contributed by atoms with E-state index in [1.807, 2.05) is 13.8 Å². The third kappa shape index (κ3) is 14.7. The van der Waals surface area contributed by atoms with Gasteiger partial charge in [0.25, 0.3) is 0 Å². The first-order valence-electron chi connectivity index (χ1n) is 15.8. The van der Waals surface area contributed by atoms with Crippen LogP contribution in [0.2, 0.25) is 5.02 Å². The Morgan fingerprint density at radius 2 is 0.981 bits per heavy atom. The molecule has 12 nitrogen and oxygen atoms in total. The molecule has 2 aromatic carbocycles. The van der Waals surface area contributed by atoms with Gasteiger partial charge in [-0.2, -0.15) is 0 Å². The van der Waals surface area contributed by atoms with Crippen LogP contribution in [0, 0.1) is 23.3 Å². The third-order valence-electron chi connectivity index (χ3n) is 6.74. The van der Waals surface area contributed by atoms with Crippen molar-refractivity contribution in [3.63, 3.8) is 0 Å². The molecule has 0 saturated heterocycles. The number of amides is 4. The average Bonchev–Trinajstić information content (AvgIpc) is 3.05. The quantitative estimate of drug-likeness (QED) is 0.115. The van der Waals surface area contributed by atoms with Gasteiger partial charge in [-0.25, -0.2) is 37.5 Å². The van der Waals surface area contributed by atoms with Crippen molar-refractivity contribution in [3.05, 3.63) is 105 Å². The van der Waals surface area contributed by atoms with E-state index in [0.717, 1.165) is 36.4 Å². The number of rotatable bonds is 14. The summed E-state index contributed by atoms with van der Waals surface area (Å²) >= 11 is 8.87. The monoisotopic (exact) mass is 808 g/mol. The van der Waals surface area contributed by atoms with Gasteiger partial charge in [0.05, 0.1) is 34.7 Å². The van der Waals surface area contributed by atoms with Gasteiger partial charge < -0.3 is 10.6 Å². The molecule has 4 rings (SSSR count). The fourth-order valence-corrected chi connectivity index (χ4v) is 4.85. The molecule has 18 heteroatoms. The number of nitrogens with one attached hydrogen (secondary N) is 4. The Hall–Kier alpha value is -5.03. The standard InChI is InChI=1S/C17H17BrF2N4O2.C17H17ClF2N4O2/c2*1-2-3-14(16(26)24-17-21-8-11(18)9-22-17)23-15(25)6-10-4-12(19)7-13(20)5-10/h2*4-5,7-9,14H,2-3,6H2,1H3,(H,23,25)(H,21,22,24,26). The van der Waals surface area contributed by atoms with Crippen LogP contribution < -0.4 is 21.3 Å². The molecule has 2 aromatic heterocycles. The summed E-state index contributed by atoms with van der Waals surface area (Å²) in [6, 6.07) is 4.11. The maximum Gasteiger partial charge on any atom is 0.249 e. The van der Waals surface area contributed by atoms with Crippen LogP contribution in [0.25, 0.3) is 0 Å². The van der Waals surface area contributed by atoms with Gasteiger partial charge >= 0.3 is 0 Å². The lowest BCUT2D eigenvalue weighted by Crippen LogP contribution is -2.44. The van der Waals surface area contributed by atoms with E-state index in [0.29, 0.717) is 35.2 Å². The topological polar surface area (TPSA) is 168 Å². The Balaban J connectivity index is 0.000000280. The zero-order valence-electron chi connectivity index (χ0n) is 27.9. The Labute approximate surface area is 309 Å². The molecule has 0 radical (unpaired) electrons. The highest BCUT2D eigenvalue weighted by Gasteiger charge is 2.22. The zero-order valence-corrected chi connectivity index (χ0v) is 30.2. The van der Waals surface area contributed by atoms with E-state index in [1.54, 1.807) is 0 Å². The van der Waals surface area contributed by atoms with Crippen molar-refractivity contribution in [2.45, 2.75) is 64.5 Å². The Morgan fingerprint density at radius 3 is 1.33 bits per heavy atom. The smallest absolute Gasteiger partial charge is 0.249 e. The van der Waals surface area contributed by atoms with Crippen LogP contribution in [-0.2, 0) is 32.0 Å². The van der Waals surface area contributed by atoms with E-state index in [4.69, 9.17) is 11.6 Å². The summed E-state index contributed by atoms with van der Waals surface area (Å²) in [5.41, 5.74) is 0.364. The van der Waals surface area contributed by atoms with Crippen molar-refractivity contribution in [3.8, 4) is 0 Å². The van der Waals surface area contributed by atoms with Gasteiger partial charge in [0, 0.05) is 24.5 Å². The number of aromatic nitrogens is 4. The number of benzene rings is 2. The molecule has 4 amide bonds. The lowest BCUT2D eigenvalue weighted by molar-refractivity contribution is -0.126. The summed E-state index contributed by atoms with van der Waals surface area (Å²) in [6.45, 7) is 3.72. The number of hydrogen-bond acceptors (Lipinski definition) is 8. The zero-order chi connectivity index (χ0) is 38.2. The minimum atomic E-state index is -0.829. The lowest BCUT2D eigenvalue weighted by Gasteiger charge is -2.17. The minimum absolute atomic E-state index is 0.0574. The summed E-state index contributed by atoms with van der Waals surface area (Å²) in [6.07, 6.45) is 7.18. The SMILES string of the molecule is CCCC(NC(=O)Cc1cc(F)cc(F)c1)C(=O)Nc1ncc(Br)cn1.CCCC(NC(=O)Cc1cc(F)cc(F)c1)C(=O)Nc1ncc(Cl)cn1. The van der Waals surface area contributed by atoms with E-state index in [9.17, 15) is 36.7 Å². The van der Waals surface area contributed by atoms with Crippen molar-refractivity contribution in [1.29, 1.82) is 0 Å². The third-order valence-corrected chi connectivity index (χ3v) is 7.35. The molecule has 276 valence electrons. The summed E-state index contributed by atoms with van der Waals surface area (Å²) in [4.78, 5) is 64.6. The summed E-state index contributed by atoms with van der Waals surface area (Å²) in [5, 5.41) is 10.5. The summed E-state index contributed by atoms with van der Waals surface area (Å²) in [7, 11) is 0. The molecular formula is C34H34BrClF4N8O4. The molecule has 52 heavy (non-hydrogen) atoms. The molecule has 2 heterocycles. The van der Waals surface area contributed by atoms with Crippen LogP contribution in [0.1, 0.15) is 50.7 Å². The molecule has 2 unspecified atom stereocenters. The van der Waals surface area contributed by atoms with E-state index in [-0.39, 0.29) is 35.9 Å². The molecule has 0 saturated carbocycles.